The number of likely N-dealkylation sites (tertiary alicyclic amines) is 1. The molecule has 1 aromatic carbocycles. The lowest BCUT2D eigenvalue weighted by Gasteiger charge is -2.46. The maximum Gasteiger partial charge on any atom is 0.254 e. The molecule has 0 aliphatic carbocycles. The maximum atomic E-state index is 13.2. The fourth-order valence-electron chi connectivity index (χ4n) is 2.46. The van der Waals surface area contributed by atoms with Crippen LogP contribution in [0, 0.1) is 11.6 Å². The van der Waals surface area contributed by atoms with Gasteiger partial charge < -0.3 is 10.6 Å². The lowest BCUT2D eigenvalue weighted by Crippen LogP contribution is -2.61. The van der Waals surface area contributed by atoms with Crippen LogP contribution < -0.4 is 5.73 Å². The Morgan fingerprint density at radius 1 is 1.37 bits per heavy atom. The molecule has 1 amide bonds. The number of hydrogen-bond donors (Lipinski definition) is 1. The molecule has 1 aromatic rings. The van der Waals surface area contributed by atoms with Crippen molar-refractivity contribution in [2.45, 2.75) is 38.3 Å². The molecule has 1 unspecified atom stereocenters. The first-order valence-electron chi connectivity index (χ1n) is 6.36. The Morgan fingerprint density at radius 2 is 2.05 bits per heavy atom. The average molecular weight is 268 g/mol. The molecule has 3 nitrogen and oxygen atoms in total. The lowest BCUT2D eigenvalue weighted by molar-refractivity contribution is 0.0362. The van der Waals surface area contributed by atoms with Crippen molar-refractivity contribution in [3.05, 3.63) is 35.4 Å². The number of benzene rings is 1. The second kappa shape index (κ2) is 4.89. The lowest BCUT2D eigenvalue weighted by atomic mass is 9.85. The Kier molecular flexibility index (Phi) is 3.58. The van der Waals surface area contributed by atoms with E-state index in [4.69, 9.17) is 5.73 Å². The molecule has 0 bridgehead atoms. The molecule has 1 aliphatic rings. The number of amides is 1. The minimum Gasteiger partial charge on any atom is -0.332 e. The van der Waals surface area contributed by atoms with Crippen LogP contribution in [0.2, 0.25) is 0 Å². The van der Waals surface area contributed by atoms with Crippen LogP contribution in [0.25, 0.3) is 0 Å². The summed E-state index contributed by atoms with van der Waals surface area (Å²) in [5.41, 5.74) is 5.71. The van der Waals surface area contributed by atoms with E-state index in [1.807, 2.05) is 13.8 Å². The Bertz CT molecular complexity index is 502. The maximum absolute atomic E-state index is 13.2. The molecule has 1 atom stereocenters. The molecule has 0 radical (unpaired) electrons. The predicted molar refractivity (Wildman–Crippen MR) is 68.7 cm³/mol. The first kappa shape index (κ1) is 13.9. The third-order valence-electron chi connectivity index (χ3n) is 3.91. The molecule has 1 heterocycles. The minimum atomic E-state index is -1.01. The van der Waals surface area contributed by atoms with Gasteiger partial charge in [-0.2, -0.15) is 0 Å². The van der Waals surface area contributed by atoms with E-state index in [1.54, 1.807) is 4.90 Å². The summed E-state index contributed by atoms with van der Waals surface area (Å²) in [5, 5.41) is 0. The molecule has 1 fully saturated rings. The molecule has 0 saturated carbocycles. The van der Waals surface area contributed by atoms with Crippen molar-refractivity contribution in [1.82, 2.24) is 4.90 Å². The van der Waals surface area contributed by atoms with Crippen molar-refractivity contribution in [3.8, 4) is 0 Å². The van der Waals surface area contributed by atoms with Crippen LogP contribution in [0.4, 0.5) is 8.78 Å². The zero-order valence-corrected chi connectivity index (χ0v) is 11.1. The molecule has 104 valence electrons. The van der Waals surface area contributed by atoms with E-state index in [-0.39, 0.29) is 17.5 Å². The van der Waals surface area contributed by atoms with E-state index >= 15 is 0 Å². The quantitative estimate of drug-likeness (QED) is 0.849. The molecule has 5 heteroatoms. The van der Waals surface area contributed by atoms with Crippen molar-refractivity contribution in [1.29, 1.82) is 0 Å². The summed E-state index contributed by atoms with van der Waals surface area (Å²) in [6.45, 7) is 4.38. The van der Waals surface area contributed by atoms with Gasteiger partial charge in [0.2, 0.25) is 0 Å². The van der Waals surface area contributed by atoms with E-state index in [0.29, 0.717) is 6.54 Å². The zero-order chi connectivity index (χ0) is 14.2. The van der Waals surface area contributed by atoms with E-state index in [9.17, 15) is 13.6 Å². The first-order valence-corrected chi connectivity index (χ1v) is 6.36. The van der Waals surface area contributed by atoms with Crippen LogP contribution in [0.15, 0.2) is 18.2 Å². The number of nitrogens with two attached hydrogens (primary N) is 1. The third kappa shape index (κ3) is 2.47. The standard InChI is InChI=1S/C14H18F2N2O/c1-14(2)12(17)4-3-7-18(14)13(19)9-5-6-10(15)11(16)8-9/h5-6,8,12H,3-4,7,17H2,1-2H3. The van der Waals surface area contributed by atoms with E-state index in [1.165, 1.54) is 6.07 Å². The highest BCUT2D eigenvalue weighted by Crippen LogP contribution is 2.28. The van der Waals surface area contributed by atoms with Crippen molar-refractivity contribution in [2.75, 3.05) is 6.54 Å². The van der Waals surface area contributed by atoms with Crippen LogP contribution in [0.3, 0.4) is 0 Å². The van der Waals surface area contributed by atoms with Crippen molar-refractivity contribution >= 4 is 5.91 Å². The van der Waals surface area contributed by atoms with Gasteiger partial charge in [-0.15, -0.1) is 0 Å². The zero-order valence-electron chi connectivity index (χ0n) is 11.1. The van der Waals surface area contributed by atoms with Gasteiger partial charge >= 0.3 is 0 Å². The Hall–Kier alpha value is -1.49. The van der Waals surface area contributed by atoms with E-state index in [2.05, 4.69) is 0 Å². The average Bonchev–Trinajstić information content (AvgIpc) is 2.35. The van der Waals surface area contributed by atoms with Crippen LogP contribution in [0.1, 0.15) is 37.0 Å². The molecule has 2 rings (SSSR count). The Labute approximate surface area is 111 Å². The van der Waals surface area contributed by atoms with Crippen molar-refractivity contribution < 1.29 is 13.6 Å². The van der Waals surface area contributed by atoms with Crippen molar-refractivity contribution in [2.24, 2.45) is 5.73 Å². The summed E-state index contributed by atoms with van der Waals surface area (Å²) in [4.78, 5) is 14.1. The summed E-state index contributed by atoms with van der Waals surface area (Å²) in [5.74, 6) is -2.27. The number of halogens is 2. The molecule has 0 spiro atoms. The monoisotopic (exact) mass is 268 g/mol. The van der Waals surface area contributed by atoms with Gasteiger partial charge in [0.1, 0.15) is 0 Å². The Morgan fingerprint density at radius 3 is 2.68 bits per heavy atom. The highest BCUT2D eigenvalue weighted by molar-refractivity contribution is 5.94. The predicted octanol–water partition coefficient (Wildman–Crippen LogP) is 2.31. The van der Waals surface area contributed by atoms with Gasteiger partial charge in [-0.3, -0.25) is 4.79 Å². The number of piperidine rings is 1. The smallest absolute Gasteiger partial charge is 0.254 e. The highest BCUT2D eigenvalue weighted by Gasteiger charge is 2.39. The molecular weight excluding hydrogens is 250 g/mol. The van der Waals surface area contributed by atoms with Gasteiger partial charge in [0, 0.05) is 18.2 Å². The summed E-state index contributed by atoms with van der Waals surface area (Å²) in [6, 6.07) is 3.10. The normalized spacial score (nSPS) is 22.4. The second-order valence-electron chi connectivity index (χ2n) is 5.49. The topological polar surface area (TPSA) is 46.3 Å². The fraction of sp³-hybridized carbons (Fsp3) is 0.500. The number of carbonyl (C=O) groups is 1. The van der Waals surface area contributed by atoms with Gasteiger partial charge in [-0.05, 0) is 44.9 Å². The summed E-state index contributed by atoms with van der Waals surface area (Å²) in [6.07, 6.45) is 1.68. The third-order valence-corrected chi connectivity index (χ3v) is 3.91. The van der Waals surface area contributed by atoms with E-state index in [0.717, 1.165) is 25.0 Å². The second-order valence-corrected chi connectivity index (χ2v) is 5.49. The largest absolute Gasteiger partial charge is 0.332 e. The van der Waals surface area contributed by atoms with Crippen LogP contribution >= 0.6 is 0 Å². The summed E-state index contributed by atoms with van der Waals surface area (Å²) >= 11 is 0. The molecular formula is C14H18F2N2O. The molecule has 1 saturated heterocycles. The molecule has 0 aromatic heterocycles. The van der Waals surface area contributed by atoms with Crippen LogP contribution in [-0.2, 0) is 0 Å². The number of rotatable bonds is 1. The van der Waals surface area contributed by atoms with Gasteiger partial charge in [0.05, 0.1) is 5.54 Å². The van der Waals surface area contributed by atoms with Gasteiger partial charge in [-0.1, -0.05) is 0 Å². The van der Waals surface area contributed by atoms with Gasteiger partial charge in [0.25, 0.3) is 5.91 Å². The van der Waals surface area contributed by atoms with Crippen molar-refractivity contribution in [3.63, 3.8) is 0 Å². The number of hydrogen-bond acceptors (Lipinski definition) is 2. The Balaban J connectivity index is 2.30. The SMILES string of the molecule is CC1(C)C(N)CCCN1C(=O)c1ccc(F)c(F)c1. The number of nitrogens with zero attached hydrogens (tertiary/aromatic N) is 1. The first-order chi connectivity index (χ1) is 8.84. The van der Waals surface area contributed by atoms with Crippen LogP contribution in [0.5, 0.6) is 0 Å². The van der Waals surface area contributed by atoms with Crippen LogP contribution in [-0.4, -0.2) is 28.9 Å². The van der Waals surface area contributed by atoms with Gasteiger partial charge in [-0.25, -0.2) is 8.78 Å². The molecule has 1 aliphatic heterocycles. The molecule has 2 N–H and O–H groups in total. The highest BCUT2D eigenvalue weighted by atomic mass is 19.2. The van der Waals surface area contributed by atoms with Gasteiger partial charge in [0.15, 0.2) is 11.6 Å². The summed E-state index contributed by atoms with van der Waals surface area (Å²) < 4.78 is 26.1. The minimum absolute atomic E-state index is 0.115. The van der Waals surface area contributed by atoms with E-state index < -0.39 is 17.2 Å². The number of carbonyl (C=O) groups excluding carboxylic acids is 1. The summed E-state index contributed by atoms with van der Waals surface area (Å²) in [7, 11) is 0. The fourth-order valence-corrected chi connectivity index (χ4v) is 2.46. The molecule has 19 heavy (non-hydrogen) atoms.